The Bertz CT molecular complexity index is 827. The summed E-state index contributed by atoms with van der Waals surface area (Å²) in [6.07, 6.45) is 2.18. The summed E-state index contributed by atoms with van der Waals surface area (Å²) in [5.41, 5.74) is 2.71. The van der Waals surface area contributed by atoms with Gasteiger partial charge in [0.2, 0.25) is 0 Å². The second kappa shape index (κ2) is 6.92. The lowest BCUT2D eigenvalue weighted by Crippen LogP contribution is -2.24. The Kier molecular flexibility index (Phi) is 4.52. The van der Waals surface area contributed by atoms with Gasteiger partial charge in [-0.3, -0.25) is 9.36 Å². The van der Waals surface area contributed by atoms with Gasteiger partial charge in [-0.15, -0.1) is 0 Å². The van der Waals surface area contributed by atoms with Crippen LogP contribution in [0.1, 0.15) is 16.7 Å². The maximum atomic E-state index is 12.4. The largest absolute Gasteiger partial charge is 0.460 e. The topological polar surface area (TPSA) is 44.1 Å². The van der Waals surface area contributed by atoms with Crippen LogP contribution in [-0.2, 0) is 20.1 Å². The third-order valence-corrected chi connectivity index (χ3v) is 3.65. The van der Waals surface area contributed by atoms with Crippen LogP contribution in [0.5, 0.6) is 6.01 Å². The number of rotatable bonds is 5. The van der Waals surface area contributed by atoms with Crippen molar-refractivity contribution in [1.29, 1.82) is 0 Å². The van der Waals surface area contributed by atoms with E-state index in [9.17, 15) is 4.79 Å². The number of nitrogens with zero attached hydrogens (tertiary/aromatic N) is 2. The van der Waals surface area contributed by atoms with E-state index in [2.05, 4.69) is 4.98 Å². The van der Waals surface area contributed by atoms with E-state index in [0.717, 1.165) is 11.1 Å². The fourth-order valence-corrected chi connectivity index (χ4v) is 2.37. The van der Waals surface area contributed by atoms with Crippen molar-refractivity contribution in [2.24, 2.45) is 7.05 Å². The molecule has 0 aliphatic heterocycles. The van der Waals surface area contributed by atoms with Crippen LogP contribution in [0.25, 0.3) is 0 Å². The summed E-state index contributed by atoms with van der Waals surface area (Å²) in [5.74, 6) is 0. The van der Waals surface area contributed by atoms with Gasteiger partial charge >= 0.3 is 0 Å². The summed E-state index contributed by atoms with van der Waals surface area (Å²) in [5, 5.41) is 0. The molecule has 0 unspecified atom stereocenters. The van der Waals surface area contributed by atoms with Crippen LogP contribution < -0.4 is 10.3 Å². The molecule has 4 nitrogen and oxygen atoms in total. The van der Waals surface area contributed by atoms with Crippen LogP contribution in [0.2, 0.25) is 0 Å². The number of hydrogen-bond donors (Lipinski definition) is 0. The third-order valence-electron chi connectivity index (χ3n) is 3.65. The molecule has 2 aromatic carbocycles. The van der Waals surface area contributed by atoms with Gasteiger partial charge in [-0.25, -0.2) is 4.98 Å². The molecular weight excluding hydrogens is 288 g/mol. The first-order chi connectivity index (χ1) is 11.2. The quantitative estimate of drug-likeness (QED) is 0.728. The molecule has 0 aliphatic carbocycles. The van der Waals surface area contributed by atoms with Crippen LogP contribution in [0, 0.1) is 0 Å². The first-order valence-corrected chi connectivity index (χ1v) is 7.49. The SMILES string of the molecule is Cn1c(OCc2ccccc2)ncc(Cc2ccccc2)c1=O. The molecule has 0 amide bonds. The van der Waals surface area contributed by atoms with Crippen LogP contribution in [0.15, 0.2) is 71.7 Å². The fourth-order valence-electron chi connectivity index (χ4n) is 2.37. The molecule has 1 aromatic heterocycles. The lowest BCUT2D eigenvalue weighted by molar-refractivity contribution is 0.265. The highest BCUT2D eigenvalue weighted by Gasteiger charge is 2.09. The molecule has 0 spiro atoms. The first-order valence-electron chi connectivity index (χ1n) is 7.49. The molecule has 0 N–H and O–H groups in total. The zero-order chi connectivity index (χ0) is 16.1. The molecule has 0 radical (unpaired) electrons. The van der Waals surface area contributed by atoms with Gasteiger partial charge in [0.15, 0.2) is 0 Å². The van der Waals surface area contributed by atoms with Crippen molar-refractivity contribution in [2.45, 2.75) is 13.0 Å². The summed E-state index contributed by atoms with van der Waals surface area (Å²) in [7, 11) is 1.68. The van der Waals surface area contributed by atoms with Gasteiger partial charge in [0, 0.05) is 25.2 Å². The fraction of sp³-hybridized carbons (Fsp3) is 0.158. The molecule has 0 aliphatic rings. The van der Waals surface area contributed by atoms with E-state index in [0.29, 0.717) is 24.6 Å². The molecule has 0 bridgehead atoms. The second-order valence-electron chi connectivity index (χ2n) is 5.37. The molecule has 116 valence electrons. The highest BCUT2D eigenvalue weighted by Crippen LogP contribution is 2.10. The van der Waals surface area contributed by atoms with Crippen LogP contribution in [-0.4, -0.2) is 9.55 Å². The van der Waals surface area contributed by atoms with Crippen molar-refractivity contribution in [3.05, 3.63) is 93.9 Å². The average Bonchev–Trinajstić information content (AvgIpc) is 2.60. The smallest absolute Gasteiger partial charge is 0.299 e. The van der Waals surface area contributed by atoms with E-state index in [-0.39, 0.29) is 5.56 Å². The summed E-state index contributed by atoms with van der Waals surface area (Å²) in [4.78, 5) is 16.7. The van der Waals surface area contributed by atoms with E-state index in [1.54, 1.807) is 13.2 Å². The maximum absolute atomic E-state index is 12.4. The first kappa shape index (κ1) is 15.0. The molecular formula is C19H18N2O2. The average molecular weight is 306 g/mol. The van der Waals surface area contributed by atoms with Crippen LogP contribution >= 0.6 is 0 Å². The lowest BCUT2D eigenvalue weighted by Gasteiger charge is -2.10. The van der Waals surface area contributed by atoms with Gasteiger partial charge < -0.3 is 4.74 Å². The van der Waals surface area contributed by atoms with Gasteiger partial charge in [-0.2, -0.15) is 0 Å². The Morgan fingerprint density at radius 3 is 2.22 bits per heavy atom. The van der Waals surface area contributed by atoms with E-state index < -0.39 is 0 Å². The van der Waals surface area contributed by atoms with E-state index in [4.69, 9.17) is 4.74 Å². The van der Waals surface area contributed by atoms with Crippen molar-refractivity contribution in [3.63, 3.8) is 0 Å². The molecule has 3 rings (SSSR count). The van der Waals surface area contributed by atoms with Crippen molar-refractivity contribution < 1.29 is 4.74 Å². The molecule has 3 aromatic rings. The minimum absolute atomic E-state index is 0.0769. The monoisotopic (exact) mass is 306 g/mol. The van der Waals surface area contributed by atoms with Crippen molar-refractivity contribution in [2.75, 3.05) is 0 Å². The Morgan fingerprint density at radius 1 is 0.957 bits per heavy atom. The standard InChI is InChI=1S/C19H18N2O2/c1-21-18(22)17(12-15-8-4-2-5-9-15)13-20-19(21)23-14-16-10-6-3-7-11-16/h2-11,13H,12,14H2,1H3. The molecule has 4 heteroatoms. The predicted molar refractivity (Wildman–Crippen MR) is 89.5 cm³/mol. The normalized spacial score (nSPS) is 10.5. The number of aromatic nitrogens is 2. The van der Waals surface area contributed by atoms with E-state index in [1.165, 1.54) is 4.57 Å². The number of ether oxygens (including phenoxy) is 1. The highest BCUT2D eigenvalue weighted by atomic mass is 16.5. The van der Waals surface area contributed by atoms with Crippen molar-refractivity contribution in [1.82, 2.24) is 9.55 Å². The zero-order valence-corrected chi connectivity index (χ0v) is 13.0. The summed E-state index contributed by atoms with van der Waals surface area (Å²) in [6, 6.07) is 20.0. The minimum atomic E-state index is -0.0769. The van der Waals surface area contributed by atoms with Gasteiger partial charge in [0.05, 0.1) is 0 Å². The minimum Gasteiger partial charge on any atom is -0.460 e. The molecule has 0 saturated heterocycles. The summed E-state index contributed by atoms with van der Waals surface area (Å²) in [6.45, 7) is 0.388. The Labute approximate surface area is 135 Å². The number of hydrogen-bond acceptors (Lipinski definition) is 3. The molecule has 0 atom stereocenters. The van der Waals surface area contributed by atoms with Gasteiger partial charge in [-0.05, 0) is 11.1 Å². The molecule has 23 heavy (non-hydrogen) atoms. The highest BCUT2D eigenvalue weighted by molar-refractivity contribution is 5.23. The molecule has 0 fully saturated rings. The van der Waals surface area contributed by atoms with Gasteiger partial charge in [0.25, 0.3) is 11.6 Å². The zero-order valence-electron chi connectivity index (χ0n) is 13.0. The Morgan fingerprint density at radius 2 is 1.57 bits per heavy atom. The van der Waals surface area contributed by atoms with Crippen molar-refractivity contribution in [3.8, 4) is 6.01 Å². The van der Waals surface area contributed by atoms with Crippen LogP contribution in [0.3, 0.4) is 0 Å². The Balaban J connectivity index is 1.76. The predicted octanol–water partition coefficient (Wildman–Crippen LogP) is 2.95. The summed E-state index contributed by atoms with van der Waals surface area (Å²) < 4.78 is 7.12. The van der Waals surface area contributed by atoms with Crippen LogP contribution in [0.4, 0.5) is 0 Å². The van der Waals surface area contributed by atoms with Crippen molar-refractivity contribution >= 4 is 0 Å². The van der Waals surface area contributed by atoms with Gasteiger partial charge in [0.1, 0.15) is 6.61 Å². The Hall–Kier alpha value is -2.88. The molecule has 1 heterocycles. The summed E-state index contributed by atoms with van der Waals surface area (Å²) >= 11 is 0. The van der Waals surface area contributed by atoms with E-state index in [1.807, 2.05) is 60.7 Å². The second-order valence-corrected chi connectivity index (χ2v) is 5.37. The lowest BCUT2D eigenvalue weighted by atomic mass is 10.1. The number of benzene rings is 2. The van der Waals surface area contributed by atoms with Gasteiger partial charge in [-0.1, -0.05) is 60.7 Å². The third kappa shape index (κ3) is 3.66. The van der Waals surface area contributed by atoms with E-state index >= 15 is 0 Å². The maximum Gasteiger partial charge on any atom is 0.299 e. The molecule has 0 saturated carbocycles.